The number of fused-ring (bicyclic) bond motifs is 3. The van der Waals surface area contributed by atoms with Crippen LogP contribution in [0.2, 0.25) is 0 Å². The molecule has 16 heteroatoms. The lowest BCUT2D eigenvalue weighted by atomic mass is 9.75. The lowest BCUT2D eigenvalue weighted by molar-refractivity contribution is -0.312. The molecule has 4 saturated carbocycles. The first-order valence-electron chi connectivity index (χ1n) is 24.0. The summed E-state index contributed by atoms with van der Waals surface area (Å²) in [7, 11) is 0. The summed E-state index contributed by atoms with van der Waals surface area (Å²) in [6.07, 6.45) is -0.876. The Hall–Kier alpha value is -3.83. The summed E-state index contributed by atoms with van der Waals surface area (Å²) in [5.41, 5.74) is 11.2. The van der Waals surface area contributed by atoms with Crippen LogP contribution in [0.15, 0.2) is 65.8 Å². The molecule has 3 heterocycles. The van der Waals surface area contributed by atoms with E-state index in [1.165, 1.54) is 0 Å². The fourth-order valence-corrected chi connectivity index (χ4v) is 11.4. The highest BCUT2D eigenvalue weighted by Crippen LogP contribution is 2.53. The van der Waals surface area contributed by atoms with Crippen molar-refractivity contribution < 1.29 is 62.1 Å². The van der Waals surface area contributed by atoms with E-state index in [0.717, 1.165) is 56.9 Å². The van der Waals surface area contributed by atoms with Crippen molar-refractivity contribution in [1.29, 1.82) is 0 Å². The van der Waals surface area contributed by atoms with E-state index in [9.17, 15) is 20.2 Å². The summed E-state index contributed by atoms with van der Waals surface area (Å²) in [5, 5.41) is 16.1. The molecule has 9 rings (SSSR count). The van der Waals surface area contributed by atoms with Gasteiger partial charge in [0.05, 0.1) is 18.3 Å². The Balaban J connectivity index is 1.07. The maximum atomic E-state index is 14.4. The first-order chi connectivity index (χ1) is 31.5. The number of carbonyl (C=O) groups excluding carboxylic acids is 2. The zero-order valence-corrected chi connectivity index (χ0v) is 37.7. The van der Waals surface area contributed by atoms with Gasteiger partial charge in [-0.1, -0.05) is 93.7 Å². The van der Waals surface area contributed by atoms with Gasteiger partial charge in [0, 0.05) is 30.6 Å². The third-order valence-electron chi connectivity index (χ3n) is 14.8. The summed E-state index contributed by atoms with van der Waals surface area (Å²) in [6.45, 7) is 6.13. The van der Waals surface area contributed by atoms with Gasteiger partial charge in [0.25, 0.3) is 0 Å². The number of hydrogen-bond donors (Lipinski definition) is 1. The molecule has 7 fully saturated rings. The summed E-state index contributed by atoms with van der Waals surface area (Å²) >= 11 is 0. The highest BCUT2D eigenvalue weighted by atomic mass is 16.8. The standard InChI is InChI=1S/C49H65N3O13/c1-29(2)33-21-20-30(3)26-34(33)59-47(55)61-40-39(41-43(64-48(62-41)22-12-6-13-23-48)44-42(40)63-49(65-44)24-14-7-15-25-49)60-46-36(51-52-50)38(56-27-31-16-8-4-9-17-31)37(53)35(58-46)28-57-45(54)32-18-10-5-11-19-32/h4-5,8-11,16-19,29-30,33-44,46,53H,6-7,12-15,20-28H2,1-3H3/t30-,33?,34?,35-,36-,37-,38-,39+,40+,41-,42+,43+,44+,46-/m1/s1. The predicted octanol–water partition coefficient (Wildman–Crippen LogP) is 8.46. The average Bonchev–Trinajstić information content (AvgIpc) is 3.86. The number of benzene rings is 2. The molecule has 16 nitrogen and oxygen atoms in total. The summed E-state index contributed by atoms with van der Waals surface area (Å²) in [5.74, 6) is -1.65. The molecule has 2 aromatic rings. The van der Waals surface area contributed by atoms with Crippen molar-refractivity contribution in [2.75, 3.05) is 6.61 Å². The van der Waals surface area contributed by atoms with Gasteiger partial charge in [0.15, 0.2) is 24.0 Å². The molecule has 14 atom stereocenters. The van der Waals surface area contributed by atoms with E-state index < -0.39 is 97.6 Å². The van der Waals surface area contributed by atoms with Gasteiger partial charge in [0.1, 0.15) is 61.5 Å². The second kappa shape index (κ2) is 20.2. The van der Waals surface area contributed by atoms with E-state index >= 15 is 0 Å². The van der Waals surface area contributed by atoms with Crippen LogP contribution in [0.4, 0.5) is 4.79 Å². The summed E-state index contributed by atoms with van der Waals surface area (Å²) in [6, 6.07) is 16.6. The molecule has 2 unspecified atom stereocenters. The van der Waals surface area contributed by atoms with Crippen molar-refractivity contribution in [3.05, 3.63) is 82.2 Å². The third-order valence-corrected chi connectivity index (χ3v) is 14.8. The van der Waals surface area contributed by atoms with E-state index in [2.05, 4.69) is 30.8 Å². The highest BCUT2D eigenvalue weighted by molar-refractivity contribution is 5.89. The van der Waals surface area contributed by atoms with Gasteiger partial charge >= 0.3 is 12.1 Å². The Morgan fingerprint density at radius 1 is 0.800 bits per heavy atom. The van der Waals surface area contributed by atoms with E-state index in [1.807, 2.05) is 30.3 Å². The molecule has 0 aromatic heterocycles. The number of rotatable bonds is 12. The maximum absolute atomic E-state index is 14.4. The van der Waals surface area contributed by atoms with Crippen molar-refractivity contribution in [3.8, 4) is 0 Å². The van der Waals surface area contributed by atoms with E-state index in [4.69, 9.17) is 47.4 Å². The fourth-order valence-electron chi connectivity index (χ4n) is 11.4. The average molecular weight is 904 g/mol. The van der Waals surface area contributed by atoms with Crippen LogP contribution in [0.5, 0.6) is 0 Å². The third kappa shape index (κ3) is 10.1. The minimum atomic E-state index is -1.44. The van der Waals surface area contributed by atoms with Crippen molar-refractivity contribution in [2.45, 2.75) is 196 Å². The number of ether oxygens (including phenoxy) is 10. The van der Waals surface area contributed by atoms with Gasteiger partial charge in [-0.05, 0) is 79.5 Å². The van der Waals surface area contributed by atoms with Gasteiger partial charge in [-0.2, -0.15) is 0 Å². The molecule has 7 aliphatic rings. The zero-order chi connectivity index (χ0) is 45.1. The van der Waals surface area contributed by atoms with Crippen molar-refractivity contribution in [1.82, 2.24) is 0 Å². The SMILES string of the molecule is CC(C)C1CC[C@@H](C)CC1OC(=O)O[C@H]1[C@H](O[C@H]2O[C@H](COC(=O)c3ccccc3)[C@@H](O)[C@H](OCc3ccccc3)[C@H]2N=[N+]=[N-])[C@H]2OC3(CCCCC3)O[C@@H]2[C@H]2OC3(CCCCC3)O[C@@H]12. The monoisotopic (exact) mass is 903 g/mol. The molecule has 65 heavy (non-hydrogen) atoms. The number of azide groups is 1. The normalized spacial score (nSPS) is 37.2. The number of hydrogen-bond acceptors (Lipinski definition) is 14. The van der Waals surface area contributed by atoms with Crippen LogP contribution >= 0.6 is 0 Å². The number of aliphatic hydroxyl groups is 1. The number of carbonyl (C=O) groups is 2. The van der Waals surface area contributed by atoms with Gasteiger partial charge in [-0.25, -0.2) is 9.59 Å². The molecule has 0 amide bonds. The van der Waals surface area contributed by atoms with Crippen LogP contribution in [0.3, 0.4) is 0 Å². The number of aliphatic hydroxyl groups excluding tert-OH is 1. The molecule has 0 radical (unpaired) electrons. The van der Waals surface area contributed by atoms with Crippen LogP contribution in [0.1, 0.15) is 120 Å². The Bertz CT molecular complexity index is 1960. The Morgan fingerprint density at radius 3 is 2.02 bits per heavy atom. The van der Waals surface area contributed by atoms with Gasteiger partial charge in [-0.15, -0.1) is 0 Å². The second-order valence-corrected chi connectivity index (χ2v) is 19.6. The molecular weight excluding hydrogens is 839 g/mol. The summed E-state index contributed by atoms with van der Waals surface area (Å²) < 4.78 is 66.5. The Kier molecular flexibility index (Phi) is 14.4. The number of nitrogens with zero attached hydrogens (tertiary/aromatic N) is 3. The van der Waals surface area contributed by atoms with Crippen molar-refractivity contribution in [3.63, 3.8) is 0 Å². The highest BCUT2D eigenvalue weighted by Gasteiger charge is 2.68. The largest absolute Gasteiger partial charge is 0.509 e. The quantitative estimate of drug-likeness (QED) is 0.0923. The Morgan fingerprint density at radius 2 is 1.40 bits per heavy atom. The lowest BCUT2D eigenvalue weighted by Crippen LogP contribution is -2.66. The Labute approximate surface area is 380 Å². The van der Waals surface area contributed by atoms with Crippen molar-refractivity contribution in [2.24, 2.45) is 22.9 Å². The second-order valence-electron chi connectivity index (χ2n) is 19.6. The van der Waals surface area contributed by atoms with Crippen LogP contribution in [-0.2, 0) is 54.0 Å². The van der Waals surface area contributed by atoms with Gasteiger partial charge < -0.3 is 52.5 Å². The van der Waals surface area contributed by atoms with Crippen LogP contribution < -0.4 is 0 Å². The molecule has 0 bridgehead atoms. The molecule has 4 aliphatic carbocycles. The molecule has 2 spiro atoms. The smallest absolute Gasteiger partial charge is 0.459 e. The molecule has 354 valence electrons. The van der Waals surface area contributed by atoms with E-state index in [1.54, 1.807) is 30.3 Å². The molecular formula is C49H65N3O13. The minimum Gasteiger partial charge on any atom is -0.459 e. The fraction of sp³-hybridized carbons (Fsp3) is 0.714. The van der Waals surface area contributed by atoms with Gasteiger partial charge in [0.2, 0.25) is 0 Å². The van der Waals surface area contributed by atoms with Crippen molar-refractivity contribution >= 4 is 12.1 Å². The van der Waals surface area contributed by atoms with E-state index in [0.29, 0.717) is 43.6 Å². The molecule has 3 saturated heterocycles. The maximum Gasteiger partial charge on any atom is 0.509 e. The number of esters is 1. The predicted molar refractivity (Wildman–Crippen MR) is 232 cm³/mol. The first kappa shape index (κ1) is 46.3. The van der Waals surface area contributed by atoms with E-state index in [-0.39, 0.29) is 24.5 Å². The molecule has 2 aromatic carbocycles. The lowest BCUT2D eigenvalue weighted by Gasteiger charge is -2.47. The van der Waals surface area contributed by atoms with Crippen LogP contribution in [0, 0.1) is 17.8 Å². The van der Waals surface area contributed by atoms with Crippen LogP contribution in [0.25, 0.3) is 10.4 Å². The molecule has 1 N–H and O–H groups in total. The van der Waals surface area contributed by atoms with Gasteiger partial charge in [-0.3, -0.25) is 0 Å². The topological polar surface area (TPSA) is 195 Å². The van der Waals surface area contributed by atoms with Crippen LogP contribution in [-0.4, -0.2) is 109 Å². The summed E-state index contributed by atoms with van der Waals surface area (Å²) in [4.78, 5) is 30.8. The first-order valence-corrected chi connectivity index (χ1v) is 24.0. The molecule has 3 aliphatic heterocycles. The minimum absolute atomic E-state index is 0.0443. The zero-order valence-electron chi connectivity index (χ0n) is 37.7.